The highest BCUT2D eigenvalue weighted by Gasteiger charge is 2.53. The zero-order chi connectivity index (χ0) is 19.0. The van der Waals surface area contributed by atoms with E-state index in [4.69, 9.17) is 18.9 Å². The summed E-state index contributed by atoms with van der Waals surface area (Å²) >= 11 is 0. The van der Waals surface area contributed by atoms with Gasteiger partial charge in [0.25, 0.3) is 5.69 Å². The number of non-ortho nitro benzene ring substituents is 1. The Kier molecular flexibility index (Phi) is 5.04. The molecule has 0 unspecified atom stereocenters. The Morgan fingerprint density at radius 1 is 1.11 bits per heavy atom. The molecule has 1 aromatic carbocycles. The number of nitro benzene ring substituents is 1. The third-order valence-corrected chi connectivity index (χ3v) is 5.42. The van der Waals surface area contributed by atoms with Gasteiger partial charge in [0, 0.05) is 25.0 Å². The summed E-state index contributed by atoms with van der Waals surface area (Å²) in [6.45, 7) is 0.245. The lowest BCUT2D eigenvalue weighted by molar-refractivity contribution is -0.388. The summed E-state index contributed by atoms with van der Waals surface area (Å²) < 4.78 is 23.3. The highest BCUT2D eigenvalue weighted by molar-refractivity contribution is 5.36. The highest BCUT2D eigenvalue weighted by Crippen LogP contribution is 2.40. The Morgan fingerprint density at radius 2 is 1.81 bits per heavy atom. The van der Waals surface area contributed by atoms with Crippen LogP contribution in [0.3, 0.4) is 0 Å². The van der Waals surface area contributed by atoms with E-state index in [-0.39, 0.29) is 18.0 Å². The van der Waals surface area contributed by atoms with Crippen LogP contribution in [0.1, 0.15) is 32.1 Å². The minimum Gasteiger partial charge on any atom is -0.462 e. The van der Waals surface area contributed by atoms with Gasteiger partial charge in [0.15, 0.2) is 5.79 Å². The monoisotopic (exact) mass is 381 g/mol. The minimum atomic E-state index is -1.32. The van der Waals surface area contributed by atoms with Crippen molar-refractivity contribution in [2.45, 2.75) is 68.6 Å². The molecule has 148 valence electrons. The van der Waals surface area contributed by atoms with Crippen LogP contribution in [-0.2, 0) is 14.2 Å². The number of benzene rings is 1. The summed E-state index contributed by atoms with van der Waals surface area (Å²) in [6.07, 6.45) is -0.225. The van der Waals surface area contributed by atoms with Gasteiger partial charge >= 0.3 is 0 Å². The van der Waals surface area contributed by atoms with Gasteiger partial charge in [-0.15, -0.1) is 0 Å². The van der Waals surface area contributed by atoms with Gasteiger partial charge < -0.3 is 29.2 Å². The molecule has 0 amide bonds. The van der Waals surface area contributed by atoms with Crippen molar-refractivity contribution in [3.05, 3.63) is 34.4 Å². The standard InChI is InChI=1S/C18H23NO8/c20-14-15(21)17(25-12-6-4-11(5-7-12)19(22)23)26-13-10-24-18(27-16(13)14)8-2-1-3-9-18/h4-7,13-17,20-21H,1-3,8-10H2/t13-,14-,15+,16-,17+/m0/s1. The van der Waals surface area contributed by atoms with Gasteiger partial charge in [-0.3, -0.25) is 10.1 Å². The molecule has 2 N–H and O–H groups in total. The lowest BCUT2D eigenvalue weighted by Gasteiger charge is -2.51. The van der Waals surface area contributed by atoms with E-state index in [1.165, 1.54) is 24.3 Å². The fourth-order valence-corrected chi connectivity index (χ4v) is 3.93. The number of aliphatic hydroxyl groups is 2. The van der Waals surface area contributed by atoms with E-state index in [0.717, 1.165) is 32.1 Å². The summed E-state index contributed by atoms with van der Waals surface area (Å²) in [5, 5.41) is 31.7. The Hall–Kier alpha value is -1.78. The van der Waals surface area contributed by atoms with Crippen molar-refractivity contribution in [3.63, 3.8) is 0 Å². The first-order chi connectivity index (χ1) is 13.0. The Labute approximate surface area is 155 Å². The molecule has 1 aliphatic carbocycles. The SMILES string of the molecule is O=[N+]([O-])c1ccc(O[C@@H]2O[C@H]3COC4(CCCCC4)O[C@@H]3[C@@H](O)[C@H]2O)cc1. The molecule has 4 rings (SSSR count). The van der Waals surface area contributed by atoms with E-state index >= 15 is 0 Å². The Morgan fingerprint density at radius 3 is 2.48 bits per heavy atom. The first-order valence-electron chi connectivity index (χ1n) is 9.22. The molecule has 3 fully saturated rings. The van der Waals surface area contributed by atoms with Crippen molar-refractivity contribution in [1.82, 2.24) is 0 Å². The third kappa shape index (κ3) is 3.65. The number of nitro groups is 1. The number of hydrogen-bond acceptors (Lipinski definition) is 8. The summed E-state index contributed by atoms with van der Waals surface area (Å²) in [6, 6.07) is 5.42. The third-order valence-electron chi connectivity index (χ3n) is 5.42. The smallest absolute Gasteiger partial charge is 0.269 e. The highest BCUT2D eigenvalue weighted by atomic mass is 16.8. The van der Waals surface area contributed by atoms with Crippen LogP contribution in [0.2, 0.25) is 0 Å². The first-order valence-corrected chi connectivity index (χ1v) is 9.22. The van der Waals surface area contributed by atoms with Crippen LogP contribution in [0.15, 0.2) is 24.3 Å². The molecule has 2 saturated heterocycles. The predicted octanol–water partition coefficient (Wildman–Crippen LogP) is 1.50. The maximum absolute atomic E-state index is 10.7. The second-order valence-electron chi connectivity index (χ2n) is 7.26. The fraction of sp³-hybridized carbons (Fsp3) is 0.667. The van der Waals surface area contributed by atoms with Gasteiger partial charge in [-0.1, -0.05) is 6.42 Å². The molecule has 1 saturated carbocycles. The molecular formula is C18H23NO8. The summed E-state index contributed by atoms with van der Waals surface area (Å²) in [5.41, 5.74) is -0.0700. The van der Waals surface area contributed by atoms with Crippen molar-refractivity contribution in [1.29, 1.82) is 0 Å². The topological polar surface area (TPSA) is 121 Å². The number of nitrogens with zero attached hydrogens (tertiary/aromatic N) is 1. The van der Waals surface area contributed by atoms with Crippen molar-refractivity contribution >= 4 is 5.69 Å². The van der Waals surface area contributed by atoms with Crippen molar-refractivity contribution in [2.24, 2.45) is 0 Å². The quantitative estimate of drug-likeness (QED) is 0.597. The number of aliphatic hydroxyl groups excluding tert-OH is 2. The second-order valence-corrected chi connectivity index (χ2v) is 7.26. The van der Waals surface area contributed by atoms with Gasteiger partial charge in [-0.05, 0) is 25.0 Å². The van der Waals surface area contributed by atoms with Gasteiger partial charge in [0.05, 0.1) is 11.5 Å². The fourth-order valence-electron chi connectivity index (χ4n) is 3.93. The van der Waals surface area contributed by atoms with Crippen LogP contribution in [0.5, 0.6) is 5.75 Å². The molecular weight excluding hydrogens is 358 g/mol. The zero-order valence-electron chi connectivity index (χ0n) is 14.7. The summed E-state index contributed by atoms with van der Waals surface area (Å²) in [4.78, 5) is 10.2. The van der Waals surface area contributed by atoms with Crippen LogP contribution in [-0.4, -0.2) is 58.2 Å². The number of fused-ring (bicyclic) bond motifs is 1. The molecule has 0 bridgehead atoms. The molecule has 5 atom stereocenters. The largest absolute Gasteiger partial charge is 0.462 e. The number of ether oxygens (including phenoxy) is 4. The normalized spacial score (nSPS) is 35.4. The molecule has 27 heavy (non-hydrogen) atoms. The van der Waals surface area contributed by atoms with E-state index in [2.05, 4.69) is 0 Å². The van der Waals surface area contributed by atoms with Crippen molar-refractivity contribution in [2.75, 3.05) is 6.61 Å². The van der Waals surface area contributed by atoms with E-state index in [9.17, 15) is 20.3 Å². The summed E-state index contributed by atoms with van der Waals surface area (Å²) in [5.74, 6) is -0.410. The van der Waals surface area contributed by atoms with Crippen LogP contribution >= 0.6 is 0 Å². The summed E-state index contributed by atoms with van der Waals surface area (Å²) in [7, 11) is 0. The average molecular weight is 381 g/mol. The van der Waals surface area contributed by atoms with Crippen LogP contribution in [0, 0.1) is 10.1 Å². The predicted molar refractivity (Wildman–Crippen MR) is 91.0 cm³/mol. The van der Waals surface area contributed by atoms with Crippen LogP contribution < -0.4 is 4.74 Å². The van der Waals surface area contributed by atoms with Gasteiger partial charge in [0.1, 0.15) is 30.2 Å². The van der Waals surface area contributed by atoms with Crippen LogP contribution in [0.25, 0.3) is 0 Å². The van der Waals surface area contributed by atoms with Gasteiger partial charge in [-0.25, -0.2) is 0 Å². The lowest BCUT2D eigenvalue weighted by Crippen LogP contribution is -2.66. The van der Waals surface area contributed by atoms with E-state index < -0.39 is 41.4 Å². The second kappa shape index (κ2) is 7.33. The maximum Gasteiger partial charge on any atom is 0.269 e. The number of hydrogen-bond donors (Lipinski definition) is 2. The molecule has 1 spiro atoms. The maximum atomic E-state index is 10.7. The minimum absolute atomic E-state index is 0.0700. The van der Waals surface area contributed by atoms with E-state index in [0.29, 0.717) is 0 Å². The number of rotatable bonds is 3. The molecule has 3 aliphatic rings. The Bertz CT molecular complexity index is 672. The molecule has 0 radical (unpaired) electrons. The molecule has 0 aromatic heterocycles. The lowest BCUT2D eigenvalue weighted by atomic mass is 9.90. The Balaban J connectivity index is 1.43. The van der Waals surface area contributed by atoms with E-state index in [1.54, 1.807) is 0 Å². The van der Waals surface area contributed by atoms with Crippen molar-refractivity contribution < 1.29 is 34.1 Å². The zero-order valence-corrected chi connectivity index (χ0v) is 14.7. The van der Waals surface area contributed by atoms with E-state index in [1.807, 2.05) is 0 Å². The first kappa shape index (κ1) is 18.6. The van der Waals surface area contributed by atoms with Crippen molar-refractivity contribution in [3.8, 4) is 5.75 Å². The van der Waals surface area contributed by atoms with Crippen LogP contribution in [0.4, 0.5) is 5.69 Å². The molecule has 9 heteroatoms. The molecule has 9 nitrogen and oxygen atoms in total. The van der Waals surface area contributed by atoms with Gasteiger partial charge in [0.2, 0.25) is 6.29 Å². The molecule has 2 aliphatic heterocycles. The molecule has 2 heterocycles. The molecule has 1 aromatic rings. The average Bonchev–Trinajstić information content (AvgIpc) is 2.68. The van der Waals surface area contributed by atoms with Gasteiger partial charge in [-0.2, -0.15) is 0 Å².